The molecular formula is C23H20N4O3. The summed E-state index contributed by atoms with van der Waals surface area (Å²) in [7, 11) is 3.35. The highest BCUT2D eigenvalue weighted by molar-refractivity contribution is 6.13. The lowest BCUT2D eigenvalue weighted by Gasteiger charge is -2.11. The van der Waals surface area contributed by atoms with Gasteiger partial charge in [0.05, 0.1) is 19.0 Å². The molecule has 150 valence electrons. The van der Waals surface area contributed by atoms with E-state index in [0.717, 1.165) is 16.6 Å². The number of hydrogen-bond donors (Lipinski definition) is 2. The largest absolute Gasteiger partial charge is 0.481 e. The number of carbonyl (C=O) groups is 1. The van der Waals surface area contributed by atoms with Crippen molar-refractivity contribution in [3.05, 3.63) is 78.6 Å². The van der Waals surface area contributed by atoms with Crippen LogP contribution < -0.4 is 20.1 Å². The Hall–Kier alpha value is -4.13. The summed E-state index contributed by atoms with van der Waals surface area (Å²) in [5, 5.41) is 7.58. The number of benzene rings is 2. The SMILES string of the molecule is CNc1cc(Oc2ccc3c(C(=O)Nc4ccc(OC)nc4)cccc3c2)ccn1. The Labute approximate surface area is 173 Å². The molecule has 2 heterocycles. The molecule has 2 aromatic carbocycles. The molecule has 2 aromatic heterocycles. The molecule has 0 spiro atoms. The Balaban J connectivity index is 1.58. The van der Waals surface area contributed by atoms with Gasteiger partial charge < -0.3 is 20.1 Å². The van der Waals surface area contributed by atoms with Crippen LogP contribution in [0.2, 0.25) is 0 Å². The Morgan fingerprint density at radius 2 is 1.83 bits per heavy atom. The molecule has 0 aliphatic carbocycles. The van der Waals surface area contributed by atoms with Crippen molar-refractivity contribution in [2.24, 2.45) is 0 Å². The summed E-state index contributed by atoms with van der Waals surface area (Å²) in [6.07, 6.45) is 3.24. The van der Waals surface area contributed by atoms with Crippen LogP contribution in [0, 0.1) is 0 Å². The van der Waals surface area contributed by atoms with Crippen LogP contribution in [0.1, 0.15) is 10.4 Å². The molecule has 7 heteroatoms. The third-order valence-electron chi connectivity index (χ3n) is 4.52. The zero-order chi connectivity index (χ0) is 20.9. The molecule has 0 radical (unpaired) electrons. The summed E-state index contributed by atoms with van der Waals surface area (Å²) in [5.74, 6) is 2.35. The van der Waals surface area contributed by atoms with Crippen molar-refractivity contribution in [2.75, 3.05) is 24.8 Å². The van der Waals surface area contributed by atoms with Crippen LogP contribution in [0.25, 0.3) is 10.8 Å². The van der Waals surface area contributed by atoms with Crippen molar-refractivity contribution in [2.45, 2.75) is 0 Å². The molecule has 0 atom stereocenters. The van der Waals surface area contributed by atoms with Gasteiger partial charge in [-0.15, -0.1) is 0 Å². The predicted molar refractivity (Wildman–Crippen MR) is 117 cm³/mol. The molecule has 2 N–H and O–H groups in total. The molecule has 4 aromatic rings. The Morgan fingerprint density at radius 3 is 2.60 bits per heavy atom. The normalized spacial score (nSPS) is 10.5. The van der Waals surface area contributed by atoms with E-state index < -0.39 is 0 Å². The topological polar surface area (TPSA) is 85.4 Å². The smallest absolute Gasteiger partial charge is 0.256 e. The molecule has 7 nitrogen and oxygen atoms in total. The molecule has 30 heavy (non-hydrogen) atoms. The minimum absolute atomic E-state index is 0.214. The fourth-order valence-corrected chi connectivity index (χ4v) is 3.04. The Bertz CT molecular complexity index is 1190. The highest BCUT2D eigenvalue weighted by atomic mass is 16.5. The van der Waals surface area contributed by atoms with E-state index in [4.69, 9.17) is 9.47 Å². The third kappa shape index (κ3) is 4.15. The molecular weight excluding hydrogens is 380 g/mol. The summed E-state index contributed by atoms with van der Waals surface area (Å²) in [5.41, 5.74) is 1.16. The number of methoxy groups -OCH3 is 1. The monoisotopic (exact) mass is 400 g/mol. The first kappa shape index (κ1) is 19.2. The fraction of sp³-hybridized carbons (Fsp3) is 0.0870. The van der Waals surface area contributed by atoms with Gasteiger partial charge >= 0.3 is 0 Å². The number of fused-ring (bicyclic) bond motifs is 1. The molecule has 0 aliphatic rings. The standard InChI is InChI=1S/C23H20N4O3/c1-24-21-13-18(10-11-25-21)30-17-7-8-19-15(12-17)4-3-5-20(19)23(28)27-16-6-9-22(29-2)26-14-16/h3-14H,1-2H3,(H,24,25)(H,27,28). The highest BCUT2D eigenvalue weighted by Gasteiger charge is 2.11. The number of aromatic nitrogens is 2. The summed E-state index contributed by atoms with van der Waals surface area (Å²) >= 11 is 0. The van der Waals surface area contributed by atoms with Crippen LogP contribution in [-0.4, -0.2) is 30.0 Å². The lowest BCUT2D eigenvalue weighted by molar-refractivity contribution is 0.102. The van der Waals surface area contributed by atoms with Gasteiger partial charge in [-0.25, -0.2) is 9.97 Å². The Kier molecular flexibility index (Phi) is 5.43. The lowest BCUT2D eigenvalue weighted by atomic mass is 10.0. The molecule has 0 saturated heterocycles. The number of rotatable bonds is 6. The second-order valence-electron chi connectivity index (χ2n) is 6.46. The molecule has 0 aliphatic heterocycles. The van der Waals surface area contributed by atoms with Crippen molar-refractivity contribution in [3.63, 3.8) is 0 Å². The van der Waals surface area contributed by atoms with Gasteiger partial charge in [-0.2, -0.15) is 0 Å². The second-order valence-corrected chi connectivity index (χ2v) is 6.46. The average molecular weight is 400 g/mol. The van der Waals surface area contributed by atoms with Crippen LogP contribution in [0.5, 0.6) is 17.4 Å². The first-order chi connectivity index (χ1) is 14.7. The van der Waals surface area contributed by atoms with Crippen LogP contribution in [-0.2, 0) is 0 Å². The van der Waals surface area contributed by atoms with Gasteiger partial charge in [0.1, 0.15) is 17.3 Å². The van der Waals surface area contributed by atoms with Crippen molar-refractivity contribution >= 4 is 28.2 Å². The van der Waals surface area contributed by atoms with Crippen LogP contribution >= 0.6 is 0 Å². The lowest BCUT2D eigenvalue weighted by Crippen LogP contribution is -2.12. The number of ether oxygens (including phenoxy) is 2. The molecule has 0 unspecified atom stereocenters. The van der Waals surface area contributed by atoms with Crippen molar-refractivity contribution < 1.29 is 14.3 Å². The van der Waals surface area contributed by atoms with Crippen molar-refractivity contribution in [1.29, 1.82) is 0 Å². The zero-order valence-corrected chi connectivity index (χ0v) is 16.5. The highest BCUT2D eigenvalue weighted by Crippen LogP contribution is 2.28. The quantitative estimate of drug-likeness (QED) is 0.487. The number of carbonyl (C=O) groups excluding carboxylic acids is 1. The van der Waals surface area contributed by atoms with Crippen LogP contribution in [0.15, 0.2) is 73.1 Å². The molecule has 0 fully saturated rings. The number of nitrogens with zero attached hydrogens (tertiary/aromatic N) is 2. The maximum absolute atomic E-state index is 12.8. The number of amides is 1. The minimum atomic E-state index is -0.214. The number of hydrogen-bond acceptors (Lipinski definition) is 6. The first-order valence-corrected chi connectivity index (χ1v) is 9.32. The van der Waals surface area contributed by atoms with E-state index in [1.807, 2.05) is 36.4 Å². The van der Waals surface area contributed by atoms with E-state index in [1.54, 1.807) is 50.8 Å². The first-order valence-electron chi connectivity index (χ1n) is 9.32. The second kappa shape index (κ2) is 8.48. The van der Waals surface area contributed by atoms with Crippen LogP contribution in [0.3, 0.4) is 0 Å². The Morgan fingerprint density at radius 1 is 0.967 bits per heavy atom. The third-order valence-corrected chi connectivity index (χ3v) is 4.52. The molecule has 0 bridgehead atoms. The fourth-order valence-electron chi connectivity index (χ4n) is 3.04. The predicted octanol–water partition coefficient (Wildman–Crippen LogP) is 4.72. The summed E-state index contributed by atoms with van der Waals surface area (Å²) in [6.45, 7) is 0. The van der Waals surface area contributed by atoms with E-state index in [9.17, 15) is 4.79 Å². The maximum Gasteiger partial charge on any atom is 0.256 e. The van der Waals surface area contributed by atoms with Gasteiger partial charge in [-0.3, -0.25) is 4.79 Å². The van der Waals surface area contributed by atoms with Gasteiger partial charge in [-0.05, 0) is 47.2 Å². The van der Waals surface area contributed by atoms with Crippen LogP contribution in [0.4, 0.5) is 11.5 Å². The van der Waals surface area contributed by atoms with E-state index in [-0.39, 0.29) is 5.91 Å². The molecule has 4 rings (SSSR count). The van der Waals surface area contributed by atoms with Gasteiger partial charge in [0.15, 0.2) is 0 Å². The van der Waals surface area contributed by atoms with Gasteiger partial charge in [0, 0.05) is 30.9 Å². The number of anilines is 2. The van der Waals surface area contributed by atoms with E-state index >= 15 is 0 Å². The maximum atomic E-state index is 12.8. The van der Waals surface area contributed by atoms with Gasteiger partial charge in [0.25, 0.3) is 5.91 Å². The van der Waals surface area contributed by atoms with Crippen molar-refractivity contribution in [3.8, 4) is 17.4 Å². The molecule has 1 amide bonds. The van der Waals surface area contributed by atoms with Gasteiger partial charge in [0.2, 0.25) is 5.88 Å². The average Bonchev–Trinajstić information content (AvgIpc) is 2.79. The number of pyridine rings is 2. The minimum Gasteiger partial charge on any atom is -0.481 e. The summed E-state index contributed by atoms with van der Waals surface area (Å²) < 4.78 is 11.0. The van der Waals surface area contributed by atoms with Crippen molar-refractivity contribution in [1.82, 2.24) is 9.97 Å². The van der Waals surface area contributed by atoms with E-state index in [2.05, 4.69) is 20.6 Å². The van der Waals surface area contributed by atoms with E-state index in [1.165, 1.54) is 0 Å². The van der Waals surface area contributed by atoms with E-state index in [0.29, 0.717) is 28.6 Å². The summed E-state index contributed by atoms with van der Waals surface area (Å²) in [4.78, 5) is 21.1. The van der Waals surface area contributed by atoms with Gasteiger partial charge in [-0.1, -0.05) is 12.1 Å². The summed E-state index contributed by atoms with van der Waals surface area (Å²) in [6, 6.07) is 18.3. The number of nitrogens with one attached hydrogen (secondary N) is 2. The zero-order valence-electron chi connectivity index (χ0n) is 16.5. The molecule has 0 saturated carbocycles.